The van der Waals surface area contributed by atoms with Crippen molar-refractivity contribution in [3.8, 4) is 0 Å². The number of hydrogen-bond donors (Lipinski definition) is 1. The van der Waals surface area contributed by atoms with Gasteiger partial charge >= 0.3 is 0 Å². The summed E-state index contributed by atoms with van der Waals surface area (Å²) in [4.78, 5) is 0. The average molecular weight is 343 g/mol. The Morgan fingerprint density at radius 3 is 2.63 bits per heavy atom. The summed E-state index contributed by atoms with van der Waals surface area (Å²) in [5.74, 6) is -0.253. The second-order valence-electron chi connectivity index (χ2n) is 4.46. The topological polar surface area (TPSA) is 12.0 Å². The van der Waals surface area contributed by atoms with Crippen LogP contribution in [0.2, 0.25) is 5.02 Å². The van der Waals surface area contributed by atoms with Gasteiger partial charge in [0.15, 0.2) is 0 Å². The van der Waals surface area contributed by atoms with E-state index in [9.17, 15) is 4.39 Å². The fraction of sp³-hybridized carbons (Fsp3) is 0.200. The van der Waals surface area contributed by atoms with Gasteiger partial charge in [-0.1, -0.05) is 45.7 Å². The van der Waals surface area contributed by atoms with Crippen LogP contribution in [0.15, 0.2) is 40.9 Å². The highest BCUT2D eigenvalue weighted by Gasteiger charge is 2.12. The summed E-state index contributed by atoms with van der Waals surface area (Å²) < 4.78 is 13.8. The number of halogens is 3. The Balaban J connectivity index is 2.28. The summed E-state index contributed by atoms with van der Waals surface area (Å²) in [7, 11) is 0. The Bertz CT molecular complexity index is 580. The fourth-order valence-corrected chi connectivity index (χ4v) is 2.93. The van der Waals surface area contributed by atoms with E-state index in [1.807, 2.05) is 32.0 Å². The summed E-state index contributed by atoms with van der Waals surface area (Å²) in [5, 5.41) is 4.06. The van der Waals surface area contributed by atoms with E-state index in [4.69, 9.17) is 11.6 Å². The zero-order valence-corrected chi connectivity index (χ0v) is 13.0. The molecule has 4 heteroatoms. The van der Waals surface area contributed by atoms with Crippen LogP contribution in [0.4, 0.5) is 10.1 Å². The number of anilines is 1. The summed E-state index contributed by atoms with van der Waals surface area (Å²) in [6.07, 6.45) is 0. The molecule has 0 spiro atoms. The van der Waals surface area contributed by atoms with Crippen molar-refractivity contribution in [2.24, 2.45) is 0 Å². The van der Waals surface area contributed by atoms with Crippen molar-refractivity contribution in [3.63, 3.8) is 0 Å². The predicted octanol–water partition coefficient (Wildman–Crippen LogP) is 5.72. The molecule has 0 fully saturated rings. The van der Waals surface area contributed by atoms with Gasteiger partial charge in [0, 0.05) is 10.5 Å². The van der Waals surface area contributed by atoms with Crippen molar-refractivity contribution in [1.82, 2.24) is 0 Å². The van der Waals surface area contributed by atoms with Gasteiger partial charge in [-0.15, -0.1) is 0 Å². The number of nitrogens with one attached hydrogen (secondary N) is 1. The fourth-order valence-electron chi connectivity index (χ4n) is 1.96. The first kappa shape index (κ1) is 14.4. The van der Waals surface area contributed by atoms with E-state index in [0.29, 0.717) is 5.02 Å². The molecule has 19 heavy (non-hydrogen) atoms. The van der Waals surface area contributed by atoms with Gasteiger partial charge in [-0.05, 0) is 43.2 Å². The molecule has 0 aliphatic rings. The molecular formula is C15H14BrClFN. The third-order valence-electron chi connectivity index (χ3n) is 3.01. The number of aryl methyl sites for hydroxylation is 1. The zero-order chi connectivity index (χ0) is 14.0. The molecule has 1 N–H and O–H groups in total. The van der Waals surface area contributed by atoms with Gasteiger partial charge in [-0.2, -0.15) is 0 Å². The molecule has 0 radical (unpaired) electrons. The maximum atomic E-state index is 13.1. The van der Waals surface area contributed by atoms with Crippen molar-refractivity contribution >= 4 is 33.2 Å². The van der Waals surface area contributed by atoms with Gasteiger partial charge < -0.3 is 5.32 Å². The van der Waals surface area contributed by atoms with Crippen LogP contribution in [0.25, 0.3) is 0 Å². The molecule has 1 nitrogen and oxygen atoms in total. The van der Waals surface area contributed by atoms with E-state index in [0.717, 1.165) is 21.3 Å². The Kier molecular flexibility index (Phi) is 4.48. The van der Waals surface area contributed by atoms with Crippen LogP contribution < -0.4 is 5.32 Å². The molecule has 2 aromatic rings. The molecule has 0 aliphatic carbocycles. The average Bonchev–Trinajstić information content (AvgIpc) is 2.33. The SMILES string of the molecule is Cc1cccc(Cl)c1NC(C)c1ccc(F)cc1Br. The van der Waals surface area contributed by atoms with Gasteiger partial charge in [0.05, 0.1) is 10.7 Å². The smallest absolute Gasteiger partial charge is 0.124 e. The van der Waals surface area contributed by atoms with E-state index >= 15 is 0 Å². The minimum atomic E-state index is -0.253. The number of rotatable bonds is 3. The molecule has 1 unspecified atom stereocenters. The normalized spacial score (nSPS) is 12.3. The van der Waals surface area contributed by atoms with Gasteiger partial charge in [-0.25, -0.2) is 4.39 Å². The second-order valence-corrected chi connectivity index (χ2v) is 5.73. The van der Waals surface area contributed by atoms with Crippen molar-refractivity contribution in [3.05, 3.63) is 62.8 Å². The van der Waals surface area contributed by atoms with Crippen LogP contribution in [0, 0.1) is 12.7 Å². The summed E-state index contributed by atoms with van der Waals surface area (Å²) in [6, 6.07) is 10.5. The van der Waals surface area contributed by atoms with Crippen molar-refractivity contribution in [2.75, 3.05) is 5.32 Å². The summed E-state index contributed by atoms with van der Waals surface area (Å²) in [5.41, 5.74) is 2.98. The second kappa shape index (κ2) is 5.93. The Labute approximate surface area is 125 Å². The first-order chi connectivity index (χ1) is 8.99. The standard InChI is InChI=1S/C15H14BrClFN/c1-9-4-3-5-14(17)15(9)19-10(2)12-7-6-11(18)8-13(12)16/h3-8,10,19H,1-2H3. The Morgan fingerprint density at radius 2 is 2.00 bits per heavy atom. The minimum Gasteiger partial charge on any atom is -0.377 e. The van der Waals surface area contributed by atoms with Crippen molar-refractivity contribution < 1.29 is 4.39 Å². The highest BCUT2D eigenvalue weighted by Crippen LogP contribution is 2.31. The highest BCUT2D eigenvalue weighted by atomic mass is 79.9. The van der Waals surface area contributed by atoms with E-state index in [-0.39, 0.29) is 11.9 Å². The lowest BCUT2D eigenvalue weighted by Crippen LogP contribution is -2.09. The lowest BCUT2D eigenvalue weighted by molar-refractivity contribution is 0.625. The maximum absolute atomic E-state index is 13.1. The summed E-state index contributed by atoms with van der Waals surface area (Å²) >= 11 is 9.58. The van der Waals surface area contributed by atoms with Crippen molar-refractivity contribution in [1.29, 1.82) is 0 Å². The van der Waals surface area contributed by atoms with E-state index in [2.05, 4.69) is 21.2 Å². The summed E-state index contributed by atoms with van der Waals surface area (Å²) in [6.45, 7) is 4.02. The first-order valence-electron chi connectivity index (χ1n) is 5.95. The Hall–Kier alpha value is -1.06. The quantitative estimate of drug-likeness (QED) is 0.752. The molecule has 0 saturated carbocycles. The molecule has 100 valence electrons. The molecule has 1 atom stereocenters. The molecule has 0 heterocycles. The number of hydrogen-bond acceptors (Lipinski definition) is 1. The van der Waals surface area contributed by atoms with E-state index in [1.54, 1.807) is 6.07 Å². The molecular weight excluding hydrogens is 329 g/mol. The molecule has 0 bridgehead atoms. The largest absolute Gasteiger partial charge is 0.377 e. The molecule has 2 aromatic carbocycles. The van der Waals surface area contributed by atoms with Crippen LogP contribution in [0.5, 0.6) is 0 Å². The maximum Gasteiger partial charge on any atom is 0.124 e. The predicted molar refractivity (Wildman–Crippen MR) is 82.3 cm³/mol. The van der Waals surface area contributed by atoms with Crippen molar-refractivity contribution in [2.45, 2.75) is 19.9 Å². The van der Waals surface area contributed by atoms with Gasteiger partial charge in [-0.3, -0.25) is 0 Å². The highest BCUT2D eigenvalue weighted by molar-refractivity contribution is 9.10. The van der Waals surface area contributed by atoms with Gasteiger partial charge in [0.2, 0.25) is 0 Å². The third kappa shape index (κ3) is 3.28. The molecule has 0 aliphatic heterocycles. The lowest BCUT2D eigenvalue weighted by atomic mass is 10.1. The van der Waals surface area contributed by atoms with Crippen LogP contribution in [0.3, 0.4) is 0 Å². The lowest BCUT2D eigenvalue weighted by Gasteiger charge is -2.19. The van der Waals surface area contributed by atoms with Gasteiger partial charge in [0.25, 0.3) is 0 Å². The van der Waals surface area contributed by atoms with E-state index in [1.165, 1.54) is 12.1 Å². The molecule has 0 aromatic heterocycles. The van der Waals surface area contributed by atoms with Gasteiger partial charge in [0.1, 0.15) is 5.82 Å². The Morgan fingerprint density at radius 1 is 1.26 bits per heavy atom. The monoisotopic (exact) mass is 341 g/mol. The number of benzene rings is 2. The molecule has 2 rings (SSSR count). The number of para-hydroxylation sites is 1. The third-order valence-corrected chi connectivity index (χ3v) is 4.01. The molecule has 0 saturated heterocycles. The molecule has 0 amide bonds. The van der Waals surface area contributed by atoms with Crippen LogP contribution >= 0.6 is 27.5 Å². The van der Waals surface area contributed by atoms with Crippen LogP contribution in [0.1, 0.15) is 24.1 Å². The minimum absolute atomic E-state index is 0.0218. The van der Waals surface area contributed by atoms with Crippen LogP contribution in [-0.4, -0.2) is 0 Å². The first-order valence-corrected chi connectivity index (χ1v) is 7.12. The zero-order valence-electron chi connectivity index (χ0n) is 10.7. The van der Waals surface area contributed by atoms with Crippen LogP contribution in [-0.2, 0) is 0 Å². The van der Waals surface area contributed by atoms with E-state index < -0.39 is 0 Å².